The van der Waals surface area contributed by atoms with Gasteiger partial charge < -0.3 is 19.3 Å². The number of carbonyl (C=O) groups excluding carboxylic acids is 1. The first-order valence-electron chi connectivity index (χ1n) is 13.4. The molecule has 1 unspecified atom stereocenters. The Bertz CT molecular complexity index is 1540. The number of aliphatic hydroxyl groups is 1. The van der Waals surface area contributed by atoms with Gasteiger partial charge >= 0.3 is 10.2 Å². The molecule has 3 aromatic rings. The highest BCUT2D eigenvalue weighted by atomic mass is 32.2. The van der Waals surface area contributed by atoms with Crippen LogP contribution in [-0.2, 0) is 21.4 Å². The third kappa shape index (κ3) is 6.62. The van der Waals surface area contributed by atoms with E-state index in [0.717, 1.165) is 29.7 Å². The normalized spacial score (nSPS) is 20.0. The Hall–Kier alpha value is -3.71. The summed E-state index contributed by atoms with van der Waals surface area (Å²) in [5, 5.41) is 9.86. The van der Waals surface area contributed by atoms with Crippen LogP contribution in [0.15, 0.2) is 54.6 Å². The standard InChI is InChI=1S/C29H34N4O7S/c1-18-24(13-14-27(31-18)38-16-15-29(2,3)35)40-25-6-4-5-21-22(25)11-12-26(21)39-20-9-7-19(8-10-20)23-17-28(34)33(30)41(36,37)32-23/h4-10,13-14,23,26,32,35H,11-12,15-17,30H2,1-3H3/t23?,26-/m1/s1. The summed E-state index contributed by atoms with van der Waals surface area (Å²) in [6.07, 6.45) is 1.80. The third-order valence-electron chi connectivity index (χ3n) is 7.10. The molecule has 0 spiro atoms. The maximum atomic E-state index is 12.1. The molecule has 1 aliphatic heterocycles. The number of hydrogen-bond acceptors (Lipinski definition) is 9. The zero-order valence-electron chi connectivity index (χ0n) is 23.2. The molecule has 1 amide bonds. The van der Waals surface area contributed by atoms with Crippen LogP contribution < -0.4 is 24.8 Å². The number of ether oxygens (including phenoxy) is 3. The Labute approximate surface area is 239 Å². The van der Waals surface area contributed by atoms with Gasteiger partial charge in [-0.3, -0.25) is 4.79 Å². The van der Waals surface area contributed by atoms with Gasteiger partial charge in [0.1, 0.15) is 23.4 Å². The van der Waals surface area contributed by atoms with Gasteiger partial charge in [0.05, 0.1) is 23.9 Å². The zero-order valence-corrected chi connectivity index (χ0v) is 24.0. The highest BCUT2D eigenvalue weighted by Crippen LogP contribution is 2.41. The lowest BCUT2D eigenvalue weighted by Crippen LogP contribution is -2.54. The zero-order chi connectivity index (χ0) is 29.4. The first kappa shape index (κ1) is 28.8. The van der Waals surface area contributed by atoms with E-state index >= 15 is 0 Å². The van der Waals surface area contributed by atoms with Crippen LogP contribution in [0.5, 0.6) is 23.1 Å². The van der Waals surface area contributed by atoms with Crippen molar-refractivity contribution >= 4 is 16.1 Å². The number of pyridine rings is 1. The van der Waals surface area contributed by atoms with E-state index in [-0.39, 0.29) is 16.9 Å². The molecule has 4 N–H and O–H groups in total. The van der Waals surface area contributed by atoms with E-state index in [2.05, 4.69) is 9.71 Å². The van der Waals surface area contributed by atoms with Crippen LogP contribution in [0.25, 0.3) is 0 Å². The number of carbonyl (C=O) groups is 1. The molecule has 2 heterocycles. The average molecular weight is 583 g/mol. The molecule has 0 saturated carbocycles. The molecule has 11 nitrogen and oxygen atoms in total. The van der Waals surface area contributed by atoms with E-state index in [1.807, 2.05) is 31.2 Å². The maximum absolute atomic E-state index is 12.1. The van der Waals surface area contributed by atoms with Crippen molar-refractivity contribution in [1.29, 1.82) is 0 Å². The summed E-state index contributed by atoms with van der Waals surface area (Å²) in [6.45, 7) is 5.69. The summed E-state index contributed by atoms with van der Waals surface area (Å²) >= 11 is 0. The fourth-order valence-corrected chi connectivity index (χ4v) is 5.88. The topological polar surface area (TPSA) is 153 Å². The number of amides is 1. The monoisotopic (exact) mass is 582 g/mol. The van der Waals surface area contributed by atoms with Crippen LogP contribution >= 0.6 is 0 Å². The molecule has 0 bridgehead atoms. The summed E-state index contributed by atoms with van der Waals surface area (Å²) in [4.78, 5) is 16.5. The molecular weight excluding hydrogens is 548 g/mol. The van der Waals surface area contributed by atoms with E-state index in [4.69, 9.17) is 20.1 Å². The largest absolute Gasteiger partial charge is 0.486 e. The van der Waals surface area contributed by atoms with Crippen molar-refractivity contribution < 1.29 is 32.5 Å². The van der Waals surface area contributed by atoms with Gasteiger partial charge in [0, 0.05) is 24.5 Å². The Morgan fingerprint density at radius 2 is 1.88 bits per heavy atom. The van der Waals surface area contributed by atoms with Crippen molar-refractivity contribution in [3.05, 3.63) is 77.0 Å². The molecule has 2 atom stereocenters. The molecule has 41 heavy (non-hydrogen) atoms. The number of aryl methyl sites for hydroxylation is 1. The number of aromatic nitrogens is 1. The average Bonchev–Trinajstić information content (AvgIpc) is 3.32. The number of nitrogens with two attached hydrogens (primary N) is 1. The summed E-state index contributed by atoms with van der Waals surface area (Å²) in [7, 11) is -4.06. The smallest absolute Gasteiger partial charge is 0.318 e. The summed E-state index contributed by atoms with van der Waals surface area (Å²) in [6, 6.07) is 15.8. The Kier molecular flexibility index (Phi) is 7.93. The van der Waals surface area contributed by atoms with Gasteiger partial charge in [0.2, 0.25) is 5.88 Å². The lowest BCUT2D eigenvalue weighted by molar-refractivity contribution is -0.128. The number of benzene rings is 2. The summed E-state index contributed by atoms with van der Waals surface area (Å²) in [5.74, 6) is 7.14. The van der Waals surface area contributed by atoms with Gasteiger partial charge in [-0.05, 0) is 69.0 Å². The fourth-order valence-electron chi connectivity index (χ4n) is 4.84. The molecule has 218 valence electrons. The quantitative estimate of drug-likeness (QED) is 0.253. The predicted molar refractivity (Wildman–Crippen MR) is 150 cm³/mol. The van der Waals surface area contributed by atoms with Crippen LogP contribution in [-0.4, -0.2) is 41.0 Å². The van der Waals surface area contributed by atoms with Gasteiger partial charge in [-0.25, -0.2) is 10.8 Å². The molecule has 1 aliphatic carbocycles. The molecule has 5 rings (SSSR count). The van der Waals surface area contributed by atoms with E-state index in [9.17, 15) is 18.3 Å². The minimum absolute atomic E-state index is 0.0679. The third-order valence-corrected chi connectivity index (χ3v) is 8.41. The summed E-state index contributed by atoms with van der Waals surface area (Å²) in [5.41, 5.74) is 2.64. The van der Waals surface area contributed by atoms with Crippen LogP contribution in [0.1, 0.15) is 67.6 Å². The molecule has 12 heteroatoms. The first-order valence-corrected chi connectivity index (χ1v) is 14.8. The number of hydrogen-bond donors (Lipinski definition) is 3. The molecule has 1 fully saturated rings. The molecule has 2 aliphatic rings. The molecule has 2 aromatic carbocycles. The minimum Gasteiger partial charge on any atom is -0.486 e. The molecule has 0 radical (unpaired) electrons. The second-order valence-electron chi connectivity index (χ2n) is 10.9. The Morgan fingerprint density at radius 1 is 1.12 bits per heavy atom. The predicted octanol–water partition coefficient (Wildman–Crippen LogP) is 3.77. The number of rotatable bonds is 9. The number of nitrogens with zero attached hydrogens (tertiary/aromatic N) is 2. The Morgan fingerprint density at radius 3 is 2.56 bits per heavy atom. The lowest BCUT2D eigenvalue weighted by atomic mass is 10.0. The number of fused-ring (bicyclic) bond motifs is 1. The van der Waals surface area contributed by atoms with Crippen molar-refractivity contribution in [2.45, 2.75) is 64.2 Å². The van der Waals surface area contributed by atoms with E-state index in [0.29, 0.717) is 41.7 Å². The van der Waals surface area contributed by atoms with Crippen molar-refractivity contribution in [1.82, 2.24) is 14.1 Å². The van der Waals surface area contributed by atoms with Crippen molar-refractivity contribution in [3.63, 3.8) is 0 Å². The van der Waals surface area contributed by atoms with E-state index < -0.39 is 27.8 Å². The fraction of sp³-hybridized carbons (Fsp3) is 0.379. The summed E-state index contributed by atoms with van der Waals surface area (Å²) < 4.78 is 45.0. The van der Waals surface area contributed by atoms with Crippen molar-refractivity contribution in [2.75, 3.05) is 6.61 Å². The van der Waals surface area contributed by atoms with Gasteiger partial charge in [0.25, 0.3) is 5.91 Å². The Balaban J connectivity index is 1.24. The van der Waals surface area contributed by atoms with Crippen LogP contribution in [0.4, 0.5) is 0 Å². The lowest BCUT2D eigenvalue weighted by Gasteiger charge is -2.29. The van der Waals surface area contributed by atoms with Crippen molar-refractivity contribution in [2.24, 2.45) is 5.84 Å². The van der Waals surface area contributed by atoms with Gasteiger partial charge in [-0.15, -0.1) is 0 Å². The number of hydrazine groups is 1. The second-order valence-corrected chi connectivity index (χ2v) is 12.4. The van der Waals surface area contributed by atoms with Gasteiger partial charge in [-0.2, -0.15) is 17.6 Å². The second kappa shape index (κ2) is 11.3. The SMILES string of the molecule is Cc1nc(OCCC(C)(C)O)ccc1Oc1cccc2c1CC[C@H]2Oc1ccc(C2CC(=O)N(N)S(=O)(=O)N2)cc1. The number of nitrogens with one attached hydrogen (secondary N) is 1. The minimum atomic E-state index is -4.06. The van der Waals surface area contributed by atoms with Crippen LogP contribution in [0.2, 0.25) is 0 Å². The van der Waals surface area contributed by atoms with Gasteiger partial charge in [-0.1, -0.05) is 24.3 Å². The van der Waals surface area contributed by atoms with E-state index in [1.54, 1.807) is 44.2 Å². The van der Waals surface area contributed by atoms with Crippen LogP contribution in [0.3, 0.4) is 0 Å². The molecule has 1 aromatic heterocycles. The van der Waals surface area contributed by atoms with Gasteiger partial charge in [0.15, 0.2) is 0 Å². The molecule has 1 saturated heterocycles. The first-order chi connectivity index (χ1) is 19.4. The highest BCUT2D eigenvalue weighted by Gasteiger charge is 2.36. The molecular formula is C29H34N4O7S. The van der Waals surface area contributed by atoms with E-state index in [1.165, 1.54) is 0 Å². The highest BCUT2D eigenvalue weighted by molar-refractivity contribution is 7.87. The van der Waals surface area contributed by atoms with Crippen LogP contribution in [0, 0.1) is 6.92 Å². The maximum Gasteiger partial charge on any atom is 0.318 e. The van der Waals surface area contributed by atoms with Crippen molar-refractivity contribution in [3.8, 4) is 23.1 Å².